The van der Waals surface area contributed by atoms with Gasteiger partial charge in [0.2, 0.25) is 0 Å². The van der Waals surface area contributed by atoms with Crippen LogP contribution < -0.4 is 10.6 Å². The number of rotatable bonds is 8. The molecule has 1 aliphatic carbocycles. The maximum Gasteiger partial charge on any atom is 0.191 e. The number of benzene rings is 1. The topological polar surface area (TPSA) is 70.6 Å². The van der Waals surface area contributed by atoms with Crippen molar-refractivity contribution in [2.75, 3.05) is 31.1 Å². The molecular formula is C17H27BrIN3O2S. The molecule has 0 unspecified atom stereocenters. The van der Waals surface area contributed by atoms with Gasteiger partial charge in [0.25, 0.3) is 0 Å². The molecular weight excluding hydrogens is 517 g/mol. The number of hydrogen-bond donors (Lipinski definition) is 2. The van der Waals surface area contributed by atoms with Gasteiger partial charge < -0.3 is 10.6 Å². The molecule has 1 aromatic rings. The van der Waals surface area contributed by atoms with Gasteiger partial charge in [-0.15, -0.1) is 24.0 Å². The Morgan fingerprint density at radius 2 is 2.00 bits per heavy atom. The number of aliphatic imine (C=N–C) groups is 1. The highest BCUT2D eigenvalue weighted by atomic mass is 127. The van der Waals surface area contributed by atoms with E-state index in [-0.39, 0.29) is 40.9 Å². The fourth-order valence-electron chi connectivity index (χ4n) is 2.55. The number of nitrogens with zero attached hydrogens (tertiary/aromatic N) is 1. The molecule has 0 amide bonds. The first kappa shape index (κ1) is 22.7. The van der Waals surface area contributed by atoms with Crippen LogP contribution in [0.25, 0.3) is 0 Å². The summed E-state index contributed by atoms with van der Waals surface area (Å²) in [7, 11) is -2.96. The third-order valence-electron chi connectivity index (χ3n) is 4.32. The van der Waals surface area contributed by atoms with Crippen molar-refractivity contribution < 1.29 is 8.42 Å². The molecule has 2 N–H and O–H groups in total. The van der Waals surface area contributed by atoms with Gasteiger partial charge in [-0.1, -0.05) is 35.0 Å². The summed E-state index contributed by atoms with van der Waals surface area (Å²) in [5, 5.41) is 6.31. The van der Waals surface area contributed by atoms with E-state index in [4.69, 9.17) is 0 Å². The van der Waals surface area contributed by atoms with E-state index >= 15 is 0 Å². The number of sulfone groups is 1. The highest BCUT2D eigenvalue weighted by Crippen LogP contribution is 2.48. The average molecular weight is 544 g/mol. The minimum Gasteiger partial charge on any atom is -0.357 e. The fraction of sp³-hybridized carbons (Fsp3) is 0.588. The largest absolute Gasteiger partial charge is 0.357 e. The predicted octanol–water partition coefficient (Wildman–Crippen LogP) is 3.09. The second-order valence-corrected chi connectivity index (χ2v) is 9.54. The van der Waals surface area contributed by atoms with Crippen LogP contribution in [0.3, 0.4) is 0 Å². The first-order valence-corrected chi connectivity index (χ1v) is 11.0. The van der Waals surface area contributed by atoms with Gasteiger partial charge >= 0.3 is 0 Å². The average Bonchev–Trinajstić information content (AvgIpc) is 3.34. The lowest BCUT2D eigenvalue weighted by Gasteiger charge is -2.16. The van der Waals surface area contributed by atoms with E-state index in [0.29, 0.717) is 19.0 Å². The Labute approximate surface area is 176 Å². The molecule has 0 aromatic heterocycles. The SMILES string of the molecule is CCNC(=NCC1(c2cccc(Br)c2)CC1)NCCS(=O)(=O)CC.I. The zero-order chi connectivity index (χ0) is 17.6. The number of halogens is 2. The maximum absolute atomic E-state index is 11.6. The molecule has 1 fully saturated rings. The van der Waals surface area contributed by atoms with Gasteiger partial charge in [0, 0.05) is 28.7 Å². The molecule has 25 heavy (non-hydrogen) atoms. The standard InChI is InChI=1S/C17H26BrN3O2S.HI/c1-3-19-16(20-10-11-24(22,23)4-2)21-13-17(8-9-17)14-6-5-7-15(18)12-14;/h5-7,12H,3-4,8-11,13H2,1-2H3,(H2,19,20,21);1H. The normalized spacial score (nSPS) is 16.0. The van der Waals surface area contributed by atoms with Crippen LogP contribution in [-0.4, -0.2) is 45.5 Å². The third kappa shape index (κ3) is 7.05. The zero-order valence-electron chi connectivity index (χ0n) is 14.7. The van der Waals surface area contributed by atoms with E-state index in [1.54, 1.807) is 6.92 Å². The molecule has 0 heterocycles. The van der Waals surface area contributed by atoms with Crippen LogP contribution in [0.1, 0.15) is 32.3 Å². The summed E-state index contributed by atoms with van der Waals surface area (Å²) >= 11 is 3.53. The lowest BCUT2D eigenvalue weighted by Crippen LogP contribution is -2.40. The van der Waals surface area contributed by atoms with Crippen LogP contribution in [0, 0.1) is 0 Å². The van der Waals surface area contributed by atoms with Crippen molar-refractivity contribution in [3.05, 3.63) is 34.3 Å². The fourth-order valence-corrected chi connectivity index (χ4v) is 3.65. The Kier molecular flexibility index (Phi) is 9.17. The van der Waals surface area contributed by atoms with E-state index < -0.39 is 9.84 Å². The molecule has 0 spiro atoms. The van der Waals surface area contributed by atoms with E-state index in [0.717, 1.165) is 23.9 Å². The van der Waals surface area contributed by atoms with Crippen LogP contribution in [0.5, 0.6) is 0 Å². The monoisotopic (exact) mass is 543 g/mol. The summed E-state index contributed by atoms with van der Waals surface area (Å²) in [4.78, 5) is 4.68. The van der Waals surface area contributed by atoms with Gasteiger partial charge in [0.05, 0.1) is 12.3 Å². The predicted molar refractivity (Wildman–Crippen MR) is 119 cm³/mol. The molecule has 1 aromatic carbocycles. The molecule has 1 aliphatic rings. The molecule has 5 nitrogen and oxygen atoms in total. The second kappa shape index (κ2) is 10.1. The summed E-state index contributed by atoms with van der Waals surface area (Å²) in [5.41, 5.74) is 1.44. The first-order valence-electron chi connectivity index (χ1n) is 8.39. The summed E-state index contributed by atoms with van der Waals surface area (Å²) in [6.07, 6.45) is 2.27. The molecule has 8 heteroatoms. The van der Waals surface area contributed by atoms with Crippen LogP contribution in [0.4, 0.5) is 0 Å². The van der Waals surface area contributed by atoms with E-state index in [1.165, 1.54) is 5.56 Å². The van der Waals surface area contributed by atoms with Crippen molar-refractivity contribution in [1.82, 2.24) is 10.6 Å². The summed E-state index contributed by atoms with van der Waals surface area (Å²) in [6, 6.07) is 8.41. The lowest BCUT2D eigenvalue weighted by molar-refractivity contribution is 0.595. The number of nitrogens with one attached hydrogen (secondary N) is 2. The van der Waals surface area contributed by atoms with Gasteiger partial charge in [-0.3, -0.25) is 4.99 Å². The molecule has 0 radical (unpaired) electrons. The van der Waals surface area contributed by atoms with Crippen molar-refractivity contribution in [1.29, 1.82) is 0 Å². The third-order valence-corrected chi connectivity index (χ3v) is 6.52. The minimum absolute atomic E-state index is 0. The highest BCUT2D eigenvalue weighted by molar-refractivity contribution is 14.0. The Balaban J connectivity index is 0.00000312. The van der Waals surface area contributed by atoms with Crippen LogP contribution in [0.2, 0.25) is 0 Å². The van der Waals surface area contributed by atoms with Gasteiger partial charge in [-0.05, 0) is 37.5 Å². The van der Waals surface area contributed by atoms with Crippen molar-refractivity contribution in [3.8, 4) is 0 Å². The maximum atomic E-state index is 11.6. The van der Waals surface area contributed by atoms with Crippen LogP contribution in [0.15, 0.2) is 33.7 Å². The molecule has 0 saturated heterocycles. The number of guanidine groups is 1. The Morgan fingerprint density at radius 3 is 2.56 bits per heavy atom. The lowest BCUT2D eigenvalue weighted by atomic mass is 9.96. The zero-order valence-corrected chi connectivity index (χ0v) is 19.5. The summed E-state index contributed by atoms with van der Waals surface area (Å²) in [5.74, 6) is 0.990. The minimum atomic E-state index is -2.96. The van der Waals surface area contributed by atoms with E-state index in [9.17, 15) is 8.42 Å². The van der Waals surface area contributed by atoms with Crippen LogP contribution in [-0.2, 0) is 15.3 Å². The first-order chi connectivity index (χ1) is 11.4. The van der Waals surface area contributed by atoms with Gasteiger partial charge in [0.1, 0.15) is 0 Å². The molecule has 0 aliphatic heterocycles. The second-order valence-electron chi connectivity index (χ2n) is 6.15. The number of hydrogen-bond acceptors (Lipinski definition) is 3. The van der Waals surface area contributed by atoms with E-state index in [2.05, 4.69) is 49.8 Å². The smallest absolute Gasteiger partial charge is 0.191 e. The summed E-state index contributed by atoms with van der Waals surface area (Å²) in [6.45, 7) is 5.51. The van der Waals surface area contributed by atoms with Crippen molar-refractivity contribution in [2.24, 2.45) is 4.99 Å². The Bertz CT molecular complexity index is 691. The van der Waals surface area contributed by atoms with Crippen LogP contribution >= 0.6 is 39.9 Å². The van der Waals surface area contributed by atoms with E-state index in [1.807, 2.05) is 13.0 Å². The van der Waals surface area contributed by atoms with Gasteiger partial charge in [0.15, 0.2) is 15.8 Å². The molecule has 0 atom stereocenters. The van der Waals surface area contributed by atoms with Gasteiger partial charge in [-0.25, -0.2) is 8.42 Å². The molecule has 0 bridgehead atoms. The molecule has 1 saturated carbocycles. The Morgan fingerprint density at radius 1 is 1.28 bits per heavy atom. The molecule has 2 rings (SSSR count). The Hall–Kier alpha value is -0.350. The van der Waals surface area contributed by atoms with Gasteiger partial charge in [-0.2, -0.15) is 0 Å². The van der Waals surface area contributed by atoms with Crippen molar-refractivity contribution in [2.45, 2.75) is 32.1 Å². The van der Waals surface area contributed by atoms with Crippen molar-refractivity contribution >= 4 is 55.7 Å². The summed E-state index contributed by atoms with van der Waals surface area (Å²) < 4.78 is 24.2. The van der Waals surface area contributed by atoms with Crippen molar-refractivity contribution in [3.63, 3.8) is 0 Å². The molecule has 142 valence electrons. The highest BCUT2D eigenvalue weighted by Gasteiger charge is 2.44. The quantitative estimate of drug-likeness (QED) is 0.300.